The van der Waals surface area contributed by atoms with Gasteiger partial charge in [0.05, 0.1) is 17.3 Å². The molecule has 3 aromatic rings. The molecule has 2 N–H and O–H groups in total. The van der Waals surface area contributed by atoms with E-state index < -0.39 is 5.97 Å². The summed E-state index contributed by atoms with van der Waals surface area (Å²) in [4.78, 5) is 20.1. The fourth-order valence-electron chi connectivity index (χ4n) is 1.38. The van der Waals surface area contributed by atoms with E-state index in [0.717, 1.165) is 18.1 Å². The van der Waals surface area contributed by atoms with E-state index in [0.29, 0.717) is 11.0 Å². The molecule has 0 saturated heterocycles. The van der Waals surface area contributed by atoms with Crippen LogP contribution in [0.15, 0.2) is 34.3 Å². The van der Waals surface area contributed by atoms with Crippen LogP contribution in [0, 0.1) is 0 Å². The van der Waals surface area contributed by atoms with Gasteiger partial charge in [0.2, 0.25) is 18.1 Å². The summed E-state index contributed by atoms with van der Waals surface area (Å²) in [6, 6.07) is 4.79. The maximum Gasteiger partial charge on any atom is 0.365 e. The molecule has 0 bridgehead atoms. The van der Waals surface area contributed by atoms with Crippen molar-refractivity contribution in [2.75, 3.05) is 0 Å². The fraction of sp³-hybridized carbons (Fsp3) is 0. The Morgan fingerprint density at radius 3 is 3.00 bits per heavy atom. The van der Waals surface area contributed by atoms with Crippen LogP contribution in [0.5, 0.6) is 0 Å². The van der Waals surface area contributed by atoms with Gasteiger partial charge in [0.25, 0.3) is 0 Å². The zero-order valence-electron chi connectivity index (χ0n) is 9.76. The lowest BCUT2D eigenvalue weighted by Crippen LogP contribution is -2.16. The molecule has 0 aliphatic carbocycles. The molecule has 0 radical (unpaired) electrons. The van der Waals surface area contributed by atoms with Crippen LogP contribution in [0.25, 0.3) is 11.0 Å². The normalized spacial score (nSPS) is 11.7. The molecule has 1 aromatic carbocycles. The summed E-state index contributed by atoms with van der Waals surface area (Å²) in [5.41, 5.74) is 7.11. The molecule has 0 fully saturated rings. The highest BCUT2D eigenvalue weighted by molar-refractivity contribution is 7.00. The predicted octanol–water partition coefficient (Wildman–Crippen LogP) is 0.552. The number of nitrogens with zero attached hydrogens (tertiary/aromatic N) is 5. The lowest BCUT2D eigenvalue weighted by Gasteiger charge is -1.98. The van der Waals surface area contributed by atoms with E-state index in [9.17, 15) is 4.79 Å². The number of amidine groups is 1. The Labute approximate surface area is 115 Å². The number of oxime groups is 1. The van der Waals surface area contributed by atoms with Crippen LogP contribution >= 0.6 is 11.7 Å². The van der Waals surface area contributed by atoms with Crippen molar-refractivity contribution < 1.29 is 14.2 Å². The second-order valence-electron chi connectivity index (χ2n) is 3.58. The van der Waals surface area contributed by atoms with E-state index in [1.165, 1.54) is 0 Å². The average Bonchev–Trinajstić information content (AvgIpc) is 3.13. The Kier molecular flexibility index (Phi) is 3.05. The molecule has 2 aromatic heterocycles. The quantitative estimate of drug-likeness (QED) is 0.320. The highest BCUT2D eigenvalue weighted by Gasteiger charge is 2.11. The second kappa shape index (κ2) is 5.01. The smallest absolute Gasteiger partial charge is 0.365 e. The van der Waals surface area contributed by atoms with Crippen LogP contribution in [0.3, 0.4) is 0 Å². The van der Waals surface area contributed by atoms with Crippen LogP contribution in [0.2, 0.25) is 0 Å². The van der Waals surface area contributed by atoms with Gasteiger partial charge in [0.15, 0.2) is 0 Å². The minimum atomic E-state index is -0.675. The topological polar surface area (TPSA) is 129 Å². The molecule has 2 heterocycles. The van der Waals surface area contributed by atoms with Crippen LogP contribution in [0.1, 0.15) is 16.2 Å². The first-order chi connectivity index (χ1) is 9.74. The third-order valence-corrected chi connectivity index (χ3v) is 2.86. The summed E-state index contributed by atoms with van der Waals surface area (Å²) in [6.07, 6.45) is 1.09. The molecular weight excluding hydrogens is 284 g/mol. The first-order valence-electron chi connectivity index (χ1n) is 5.28. The van der Waals surface area contributed by atoms with Gasteiger partial charge in [-0.25, -0.2) is 4.79 Å². The summed E-state index contributed by atoms with van der Waals surface area (Å²) >= 11 is 1.06. The molecule has 3 rings (SSSR count). The van der Waals surface area contributed by atoms with Gasteiger partial charge in [0, 0.05) is 0 Å². The summed E-state index contributed by atoms with van der Waals surface area (Å²) in [5, 5.41) is 6.89. The Morgan fingerprint density at radius 2 is 2.20 bits per heavy atom. The van der Waals surface area contributed by atoms with E-state index in [4.69, 9.17) is 10.6 Å². The first kappa shape index (κ1) is 12.2. The lowest BCUT2D eigenvalue weighted by atomic mass is 10.2. The zero-order chi connectivity index (χ0) is 13.9. The van der Waals surface area contributed by atoms with Crippen molar-refractivity contribution in [3.8, 4) is 0 Å². The van der Waals surface area contributed by atoms with E-state index in [-0.39, 0.29) is 17.2 Å². The van der Waals surface area contributed by atoms with Gasteiger partial charge in [0.1, 0.15) is 11.0 Å². The van der Waals surface area contributed by atoms with Crippen LogP contribution in [-0.4, -0.2) is 30.7 Å². The van der Waals surface area contributed by atoms with Crippen molar-refractivity contribution in [2.24, 2.45) is 10.9 Å². The highest BCUT2D eigenvalue weighted by atomic mass is 32.1. The highest BCUT2D eigenvalue weighted by Crippen LogP contribution is 2.14. The Balaban J connectivity index is 1.77. The first-order valence-corrected chi connectivity index (χ1v) is 6.01. The van der Waals surface area contributed by atoms with E-state index in [1.807, 2.05) is 0 Å². The van der Waals surface area contributed by atoms with Crippen molar-refractivity contribution in [3.63, 3.8) is 0 Å². The molecule has 0 unspecified atom stereocenters. The van der Waals surface area contributed by atoms with Crippen LogP contribution in [-0.2, 0) is 4.84 Å². The molecule has 9 nitrogen and oxygen atoms in total. The number of rotatable bonds is 3. The number of fused-ring (bicyclic) bond motifs is 1. The maximum absolute atomic E-state index is 11.8. The Bertz CT molecular complexity index is 781. The van der Waals surface area contributed by atoms with Gasteiger partial charge in [-0.2, -0.15) is 13.7 Å². The maximum atomic E-state index is 11.8. The SMILES string of the molecule is N/C(=N\OC(=O)c1ccc2nsnc2c1)c1ncon1. The molecule has 0 spiro atoms. The molecule has 0 saturated carbocycles. The van der Waals surface area contributed by atoms with Gasteiger partial charge in [-0.3, -0.25) is 0 Å². The molecular formula is C10H6N6O3S. The number of nitrogens with two attached hydrogens (primary N) is 1. The van der Waals surface area contributed by atoms with Crippen molar-refractivity contribution in [1.29, 1.82) is 0 Å². The number of benzene rings is 1. The van der Waals surface area contributed by atoms with Crippen molar-refractivity contribution in [1.82, 2.24) is 18.9 Å². The lowest BCUT2D eigenvalue weighted by molar-refractivity contribution is 0.0516. The summed E-state index contributed by atoms with van der Waals surface area (Å²) in [7, 11) is 0. The molecule has 0 atom stereocenters. The third-order valence-electron chi connectivity index (χ3n) is 2.31. The van der Waals surface area contributed by atoms with Crippen LogP contribution < -0.4 is 5.73 Å². The second-order valence-corrected chi connectivity index (χ2v) is 4.11. The van der Waals surface area contributed by atoms with E-state index in [1.54, 1.807) is 18.2 Å². The van der Waals surface area contributed by atoms with Gasteiger partial charge in [-0.15, -0.1) is 0 Å². The summed E-state index contributed by atoms with van der Waals surface area (Å²) in [5.74, 6) is -0.799. The number of aromatic nitrogens is 4. The zero-order valence-corrected chi connectivity index (χ0v) is 10.6. The van der Waals surface area contributed by atoms with E-state index in [2.05, 4.69) is 28.6 Å². The van der Waals surface area contributed by atoms with Crippen molar-refractivity contribution in [2.45, 2.75) is 0 Å². The van der Waals surface area contributed by atoms with E-state index >= 15 is 0 Å². The number of carbonyl (C=O) groups excluding carboxylic acids is 1. The monoisotopic (exact) mass is 290 g/mol. The Hall–Kier alpha value is -2.88. The third kappa shape index (κ3) is 2.31. The minimum absolute atomic E-state index is 0.0388. The molecule has 0 amide bonds. The summed E-state index contributed by atoms with van der Waals surface area (Å²) in [6.45, 7) is 0. The molecule has 20 heavy (non-hydrogen) atoms. The molecule has 100 valence electrons. The molecule has 0 aliphatic heterocycles. The number of hydrogen-bond donors (Lipinski definition) is 1. The van der Waals surface area contributed by atoms with Gasteiger partial charge in [-0.05, 0) is 18.2 Å². The standard InChI is InChI=1S/C10H6N6O3S/c11-8(9-12-4-18-14-9)13-19-10(17)5-1-2-6-7(3-5)16-20-15-6/h1-4H,(H2,11,13). The summed E-state index contributed by atoms with van der Waals surface area (Å²) < 4.78 is 12.5. The number of hydrogen-bond acceptors (Lipinski definition) is 9. The van der Waals surface area contributed by atoms with Crippen molar-refractivity contribution >= 4 is 34.6 Å². The minimum Gasteiger partial charge on any atom is -0.378 e. The Morgan fingerprint density at radius 1 is 1.35 bits per heavy atom. The average molecular weight is 290 g/mol. The number of carbonyl (C=O) groups is 1. The van der Waals surface area contributed by atoms with Crippen LogP contribution in [0.4, 0.5) is 0 Å². The fourth-order valence-corrected chi connectivity index (χ4v) is 1.89. The largest absolute Gasteiger partial charge is 0.378 e. The molecule has 10 heteroatoms. The van der Waals surface area contributed by atoms with Gasteiger partial charge < -0.3 is 15.1 Å². The predicted molar refractivity (Wildman–Crippen MR) is 67.9 cm³/mol. The van der Waals surface area contributed by atoms with Crippen molar-refractivity contribution in [3.05, 3.63) is 36.0 Å². The van der Waals surface area contributed by atoms with Gasteiger partial charge >= 0.3 is 5.97 Å². The molecule has 0 aliphatic rings. The van der Waals surface area contributed by atoms with Gasteiger partial charge in [-0.1, -0.05) is 10.3 Å².